The zero-order valence-corrected chi connectivity index (χ0v) is 33.8. The van der Waals surface area contributed by atoms with E-state index in [1.54, 1.807) is 26.0 Å². The fourth-order valence-corrected chi connectivity index (χ4v) is 6.58. The molecule has 0 aliphatic carbocycles. The van der Waals surface area contributed by atoms with Gasteiger partial charge in [0.1, 0.15) is 23.3 Å². The SMILES string of the molecule is COc1nc(OCc2cccc(-c3cccc(COc4nc(OC)c(CN[C@H](C)[C@@H](O)CC(=O)O)cc4Cl)c3C)c2C)c(Cl)cc1CC[C@H](C)[C@@H](O)CC(=O)O. The molecule has 0 amide bonds. The van der Waals surface area contributed by atoms with Crippen LogP contribution in [0, 0.1) is 19.8 Å². The lowest BCUT2D eigenvalue weighted by Gasteiger charge is -2.20. The number of carbonyl (C=O) groups is 2. The maximum absolute atomic E-state index is 11.0. The van der Waals surface area contributed by atoms with E-state index in [9.17, 15) is 19.8 Å². The van der Waals surface area contributed by atoms with Gasteiger partial charge in [0, 0.05) is 23.7 Å². The lowest BCUT2D eigenvalue weighted by atomic mass is 9.92. The molecule has 0 aliphatic heterocycles. The average Bonchev–Trinajstić information content (AvgIpc) is 3.15. The van der Waals surface area contributed by atoms with Crippen LogP contribution in [0.3, 0.4) is 0 Å². The van der Waals surface area contributed by atoms with Crippen LogP contribution < -0.4 is 24.3 Å². The molecule has 0 unspecified atom stereocenters. The zero-order valence-electron chi connectivity index (χ0n) is 32.3. The van der Waals surface area contributed by atoms with Gasteiger partial charge in [-0.05, 0) is 85.0 Å². The second kappa shape index (κ2) is 20.5. The molecule has 5 N–H and O–H groups in total. The number of pyridine rings is 2. The van der Waals surface area contributed by atoms with Gasteiger partial charge in [0.25, 0.3) is 0 Å². The van der Waals surface area contributed by atoms with Crippen molar-refractivity contribution in [3.63, 3.8) is 0 Å². The summed E-state index contributed by atoms with van der Waals surface area (Å²) in [4.78, 5) is 30.9. The van der Waals surface area contributed by atoms with Gasteiger partial charge in [-0.15, -0.1) is 0 Å². The van der Waals surface area contributed by atoms with E-state index in [0.717, 1.165) is 38.9 Å². The molecule has 15 heteroatoms. The number of ether oxygens (including phenoxy) is 4. The van der Waals surface area contributed by atoms with Gasteiger partial charge in [0.05, 0.1) is 39.3 Å². The Hall–Kier alpha value is -4.66. The molecule has 4 atom stereocenters. The van der Waals surface area contributed by atoms with Crippen molar-refractivity contribution in [3.8, 4) is 34.6 Å². The number of aliphatic hydroxyl groups is 2. The van der Waals surface area contributed by atoms with E-state index in [2.05, 4.69) is 15.3 Å². The van der Waals surface area contributed by atoms with Gasteiger partial charge >= 0.3 is 11.9 Å². The Kier molecular flexibility index (Phi) is 16.1. The Bertz CT molecular complexity index is 1850. The van der Waals surface area contributed by atoms with Crippen LogP contribution in [0.15, 0.2) is 48.5 Å². The number of nitrogens with one attached hydrogen (secondary N) is 1. The van der Waals surface area contributed by atoms with Crippen LogP contribution in [0.1, 0.15) is 66.5 Å². The van der Waals surface area contributed by atoms with Gasteiger partial charge in [-0.2, -0.15) is 9.97 Å². The highest BCUT2D eigenvalue weighted by Crippen LogP contribution is 2.35. The Labute approximate surface area is 336 Å². The van der Waals surface area contributed by atoms with E-state index >= 15 is 0 Å². The van der Waals surface area contributed by atoms with Crippen molar-refractivity contribution in [2.24, 2.45) is 5.92 Å². The summed E-state index contributed by atoms with van der Waals surface area (Å²) in [6.07, 6.45) is -1.75. The van der Waals surface area contributed by atoms with Gasteiger partial charge in [-0.3, -0.25) is 9.59 Å². The smallest absolute Gasteiger partial charge is 0.306 e. The summed E-state index contributed by atoms with van der Waals surface area (Å²) in [7, 11) is 2.98. The van der Waals surface area contributed by atoms with Crippen LogP contribution in [0.2, 0.25) is 10.0 Å². The lowest BCUT2D eigenvalue weighted by Crippen LogP contribution is -2.38. The lowest BCUT2D eigenvalue weighted by molar-refractivity contribution is -0.140. The molecule has 302 valence electrons. The van der Waals surface area contributed by atoms with Crippen LogP contribution in [0.5, 0.6) is 23.5 Å². The van der Waals surface area contributed by atoms with E-state index in [4.69, 9.17) is 52.4 Å². The van der Waals surface area contributed by atoms with Crippen molar-refractivity contribution < 1.29 is 49.0 Å². The van der Waals surface area contributed by atoms with E-state index in [0.29, 0.717) is 29.3 Å². The molecule has 4 aromatic rings. The Morgan fingerprint density at radius 1 is 0.714 bits per heavy atom. The first-order valence-corrected chi connectivity index (χ1v) is 18.8. The number of carboxylic acid groups (broad SMARTS) is 2. The summed E-state index contributed by atoms with van der Waals surface area (Å²) in [6.45, 7) is 8.13. The van der Waals surface area contributed by atoms with E-state index < -0.39 is 30.2 Å². The van der Waals surface area contributed by atoms with E-state index in [-0.39, 0.29) is 61.2 Å². The predicted molar refractivity (Wildman–Crippen MR) is 212 cm³/mol. The summed E-state index contributed by atoms with van der Waals surface area (Å²) in [5.74, 6) is -1.37. The van der Waals surface area contributed by atoms with Gasteiger partial charge in [-0.25, -0.2) is 0 Å². The summed E-state index contributed by atoms with van der Waals surface area (Å²) in [5.41, 5.74) is 7.20. The number of rotatable bonds is 21. The zero-order chi connectivity index (χ0) is 41.1. The van der Waals surface area contributed by atoms with Crippen molar-refractivity contribution in [2.45, 2.75) is 91.4 Å². The predicted octanol–water partition coefficient (Wildman–Crippen LogP) is 6.96. The van der Waals surface area contributed by atoms with E-state index in [1.807, 2.05) is 50.2 Å². The van der Waals surface area contributed by atoms with Crippen molar-refractivity contribution >= 4 is 35.1 Å². The number of carboxylic acids is 2. The fourth-order valence-electron chi connectivity index (χ4n) is 6.12. The third-order valence-electron chi connectivity index (χ3n) is 9.75. The first kappa shape index (κ1) is 44.1. The normalized spacial score (nSPS) is 13.4. The van der Waals surface area contributed by atoms with Crippen LogP contribution in [-0.2, 0) is 35.8 Å². The molecule has 2 heterocycles. The van der Waals surface area contributed by atoms with Crippen molar-refractivity contribution in [3.05, 3.63) is 92.0 Å². The van der Waals surface area contributed by atoms with Gasteiger partial charge in [0.2, 0.25) is 23.5 Å². The highest BCUT2D eigenvalue weighted by molar-refractivity contribution is 6.32. The van der Waals surface area contributed by atoms with Crippen LogP contribution >= 0.6 is 23.2 Å². The molecule has 0 radical (unpaired) electrons. The van der Waals surface area contributed by atoms with Gasteiger partial charge in [-0.1, -0.05) is 66.5 Å². The highest BCUT2D eigenvalue weighted by Gasteiger charge is 2.22. The molecule has 13 nitrogen and oxygen atoms in total. The fraction of sp³-hybridized carbons (Fsp3) is 0.415. The van der Waals surface area contributed by atoms with Crippen molar-refractivity contribution in [2.75, 3.05) is 14.2 Å². The first-order chi connectivity index (χ1) is 26.6. The molecule has 56 heavy (non-hydrogen) atoms. The number of halogens is 2. The standard InChI is InChI=1S/C41H49Cl2N3O10/c1-22(34(47)17-36(49)50)13-14-26-15-32(42)40(45-38(26)53-5)55-20-27-9-7-11-30(23(27)2)31-12-8-10-28(24(31)3)21-56-41-33(43)16-29(39(46-41)54-6)19-44-25(4)35(48)18-37(51)52/h7-12,15-16,22,25,34-35,44,47-48H,13-14,17-21H2,1-6H3,(H,49,50)(H,51,52)/t22-,25+,34-,35-/m0/s1. The summed E-state index contributed by atoms with van der Waals surface area (Å²) in [6, 6.07) is 14.8. The summed E-state index contributed by atoms with van der Waals surface area (Å²) < 4.78 is 23.2. The van der Waals surface area contributed by atoms with E-state index in [1.165, 1.54) is 14.2 Å². The van der Waals surface area contributed by atoms with Crippen molar-refractivity contribution in [1.82, 2.24) is 15.3 Å². The number of hydrogen-bond donors (Lipinski definition) is 5. The number of aliphatic carboxylic acids is 2. The molecule has 0 saturated heterocycles. The highest BCUT2D eigenvalue weighted by atomic mass is 35.5. The van der Waals surface area contributed by atoms with Gasteiger partial charge in [0.15, 0.2) is 0 Å². The van der Waals surface area contributed by atoms with Crippen LogP contribution in [-0.4, -0.2) is 74.8 Å². The van der Waals surface area contributed by atoms with Crippen LogP contribution in [0.25, 0.3) is 11.1 Å². The Morgan fingerprint density at radius 3 is 1.66 bits per heavy atom. The monoisotopic (exact) mass is 813 g/mol. The largest absolute Gasteiger partial charge is 0.481 e. The molecular weight excluding hydrogens is 765 g/mol. The minimum atomic E-state index is -1.09. The second-order valence-electron chi connectivity index (χ2n) is 13.7. The minimum absolute atomic E-state index is 0.178. The molecule has 0 aliphatic rings. The number of hydrogen-bond acceptors (Lipinski definition) is 11. The molecule has 2 aromatic carbocycles. The topological polar surface area (TPSA) is 190 Å². The molecule has 0 bridgehead atoms. The average molecular weight is 815 g/mol. The Morgan fingerprint density at radius 2 is 1.18 bits per heavy atom. The second-order valence-corrected chi connectivity index (χ2v) is 14.5. The quantitative estimate of drug-likeness (QED) is 0.0581. The summed E-state index contributed by atoms with van der Waals surface area (Å²) >= 11 is 13.2. The third kappa shape index (κ3) is 11.7. The molecule has 0 fully saturated rings. The maximum Gasteiger partial charge on any atom is 0.306 e. The number of methoxy groups -OCH3 is 2. The molecular formula is C41H49Cl2N3O10. The minimum Gasteiger partial charge on any atom is -0.481 e. The Balaban J connectivity index is 1.45. The number of aliphatic hydroxyl groups excluding tert-OH is 2. The first-order valence-electron chi connectivity index (χ1n) is 18.1. The molecule has 2 aromatic heterocycles. The number of aromatic nitrogens is 2. The number of aryl methyl sites for hydroxylation is 1. The van der Waals surface area contributed by atoms with Crippen LogP contribution in [0.4, 0.5) is 0 Å². The number of nitrogens with zero attached hydrogens (tertiary/aromatic N) is 2. The van der Waals surface area contributed by atoms with Crippen molar-refractivity contribution in [1.29, 1.82) is 0 Å². The maximum atomic E-state index is 11.0. The third-order valence-corrected chi connectivity index (χ3v) is 10.3. The van der Waals surface area contributed by atoms with Gasteiger partial charge < -0.3 is 44.7 Å². The molecule has 4 rings (SSSR count). The molecule has 0 spiro atoms. The molecule has 0 saturated carbocycles. The number of benzene rings is 2. The summed E-state index contributed by atoms with van der Waals surface area (Å²) in [5, 5.41) is 41.9.